The minimum absolute atomic E-state index is 0.0959. The van der Waals surface area contributed by atoms with E-state index in [2.05, 4.69) is 17.2 Å². The summed E-state index contributed by atoms with van der Waals surface area (Å²) in [4.78, 5) is 16.7. The second-order valence-electron chi connectivity index (χ2n) is 5.72. The number of amides is 1. The highest BCUT2D eigenvalue weighted by molar-refractivity contribution is 8.02. The Morgan fingerprint density at radius 2 is 1.96 bits per heavy atom. The number of thioether (sulfide) groups is 1. The van der Waals surface area contributed by atoms with Gasteiger partial charge in [-0.3, -0.25) is 4.79 Å². The molecule has 0 aliphatic rings. The summed E-state index contributed by atoms with van der Waals surface area (Å²) >= 11 is 21.0. The molecule has 1 aromatic heterocycles. The Balaban J connectivity index is 1.93. The molecule has 0 unspecified atom stereocenters. The van der Waals surface area contributed by atoms with Crippen LogP contribution in [0.3, 0.4) is 0 Å². The number of halogens is 3. The molecule has 8 heteroatoms. The summed E-state index contributed by atoms with van der Waals surface area (Å²) in [6.45, 7) is 2.16. The number of nitrogens with zero attached hydrogens (tertiary/aromatic N) is 1. The Hall–Kier alpha value is -0.200. The van der Waals surface area contributed by atoms with Crippen LogP contribution in [-0.2, 0) is 4.79 Å². The van der Waals surface area contributed by atoms with Crippen molar-refractivity contribution in [3.8, 4) is 0 Å². The Kier molecular flexibility index (Phi) is 8.62. The van der Waals surface area contributed by atoms with E-state index in [1.807, 2.05) is 24.3 Å². The molecule has 0 aliphatic heterocycles. The lowest BCUT2D eigenvalue weighted by Gasteiger charge is -2.24. The third kappa shape index (κ3) is 7.14. The van der Waals surface area contributed by atoms with E-state index >= 15 is 0 Å². The van der Waals surface area contributed by atoms with Crippen molar-refractivity contribution in [3.05, 3.63) is 24.3 Å². The highest BCUT2D eigenvalue weighted by Crippen LogP contribution is 2.41. The van der Waals surface area contributed by atoms with Crippen LogP contribution < -0.4 is 5.32 Å². The van der Waals surface area contributed by atoms with E-state index in [9.17, 15) is 4.79 Å². The van der Waals surface area contributed by atoms with E-state index in [0.717, 1.165) is 33.8 Å². The van der Waals surface area contributed by atoms with Crippen molar-refractivity contribution in [3.63, 3.8) is 0 Å². The Morgan fingerprint density at radius 1 is 1.24 bits per heavy atom. The van der Waals surface area contributed by atoms with Crippen LogP contribution in [0.5, 0.6) is 0 Å². The molecule has 0 aliphatic carbocycles. The van der Waals surface area contributed by atoms with E-state index in [-0.39, 0.29) is 5.91 Å². The SMILES string of the molecule is CCCCCCCC(=O)N[C@@H](Sc1nc2ccccc2s1)C(Cl)(Cl)Cl. The zero-order chi connectivity index (χ0) is 18.3. The van der Waals surface area contributed by atoms with E-state index in [1.165, 1.54) is 35.9 Å². The molecular weight excluding hydrogens is 419 g/mol. The second-order valence-corrected chi connectivity index (χ2v) is 10.5. The van der Waals surface area contributed by atoms with Crippen LogP contribution in [-0.4, -0.2) is 20.1 Å². The van der Waals surface area contributed by atoms with Crippen molar-refractivity contribution in [2.45, 2.75) is 59.0 Å². The van der Waals surface area contributed by atoms with Crippen molar-refractivity contribution in [1.29, 1.82) is 0 Å². The number of hydrogen-bond donors (Lipinski definition) is 1. The van der Waals surface area contributed by atoms with Gasteiger partial charge in [0.2, 0.25) is 9.70 Å². The average Bonchev–Trinajstić information content (AvgIpc) is 2.95. The molecule has 1 atom stereocenters. The summed E-state index contributed by atoms with van der Waals surface area (Å²) in [7, 11) is 0. The van der Waals surface area contributed by atoms with Crippen molar-refractivity contribution < 1.29 is 4.79 Å². The molecule has 2 rings (SSSR count). The number of rotatable bonds is 9. The van der Waals surface area contributed by atoms with Gasteiger partial charge in [0.1, 0.15) is 5.37 Å². The smallest absolute Gasteiger partial charge is 0.221 e. The molecule has 3 nitrogen and oxygen atoms in total. The maximum atomic E-state index is 12.2. The Labute approximate surface area is 171 Å². The van der Waals surface area contributed by atoms with Crippen LogP contribution in [0.15, 0.2) is 28.6 Å². The first-order chi connectivity index (χ1) is 11.9. The van der Waals surface area contributed by atoms with Crippen LogP contribution in [0.1, 0.15) is 45.4 Å². The third-order valence-corrected chi connectivity index (χ3v) is 7.00. The van der Waals surface area contributed by atoms with Gasteiger partial charge in [0.15, 0.2) is 4.34 Å². The van der Waals surface area contributed by atoms with Gasteiger partial charge in [0, 0.05) is 6.42 Å². The zero-order valence-corrected chi connectivity index (χ0v) is 17.8. The quantitative estimate of drug-likeness (QED) is 0.208. The van der Waals surface area contributed by atoms with Crippen LogP contribution in [0.4, 0.5) is 0 Å². The van der Waals surface area contributed by atoms with Crippen LogP contribution in [0, 0.1) is 0 Å². The predicted octanol–water partition coefficient (Wildman–Crippen LogP) is 6.56. The summed E-state index contributed by atoms with van der Waals surface area (Å²) < 4.78 is 0.219. The molecule has 0 spiro atoms. The topological polar surface area (TPSA) is 42.0 Å². The lowest BCUT2D eigenvalue weighted by molar-refractivity contribution is -0.121. The molecule has 1 N–H and O–H groups in total. The van der Waals surface area contributed by atoms with Gasteiger partial charge in [-0.15, -0.1) is 11.3 Å². The standard InChI is InChI=1S/C17H21Cl3N2OS2/c1-2-3-4-5-6-11-14(23)22-15(17(18,19)20)25-16-21-12-9-7-8-10-13(12)24-16/h7-10,15H,2-6,11H2,1H3,(H,22,23)/t15-/m0/s1. The number of aromatic nitrogens is 1. The lowest BCUT2D eigenvalue weighted by atomic mass is 10.1. The Bertz CT molecular complexity index is 655. The lowest BCUT2D eigenvalue weighted by Crippen LogP contribution is -2.41. The zero-order valence-electron chi connectivity index (χ0n) is 13.9. The molecule has 0 fully saturated rings. The van der Waals surface area contributed by atoms with E-state index in [0.29, 0.717) is 6.42 Å². The van der Waals surface area contributed by atoms with Crippen molar-refractivity contribution in [2.24, 2.45) is 0 Å². The number of alkyl halides is 3. The van der Waals surface area contributed by atoms with Crippen LogP contribution in [0.25, 0.3) is 10.2 Å². The summed E-state index contributed by atoms with van der Waals surface area (Å²) in [6.07, 6.45) is 5.88. The number of carbonyl (C=O) groups excluding carboxylic acids is 1. The molecule has 0 saturated heterocycles. The van der Waals surface area contributed by atoms with Gasteiger partial charge >= 0.3 is 0 Å². The second kappa shape index (κ2) is 10.2. The minimum Gasteiger partial charge on any atom is -0.340 e. The number of hydrogen-bond acceptors (Lipinski definition) is 4. The van der Waals surface area contributed by atoms with Crippen LogP contribution in [0.2, 0.25) is 0 Å². The fraction of sp³-hybridized carbons (Fsp3) is 0.529. The number of carbonyl (C=O) groups is 1. The van der Waals surface area contributed by atoms with Crippen LogP contribution >= 0.6 is 57.9 Å². The van der Waals surface area contributed by atoms with E-state index < -0.39 is 9.17 Å². The summed E-state index contributed by atoms with van der Waals surface area (Å²) in [5.41, 5.74) is 0.903. The maximum absolute atomic E-state index is 12.2. The number of para-hydroxylation sites is 1. The number of thiazole rings is 1. The molecule has 1 amide bonds. The first-order valence-electron chi connectivity index (χ1n) is 8.28. The summed E-state index contributed by atoms with van der Waals surface area (Å²) in [5, 5.41) is 2.16. The average molecular weight is 440 g/mol. The first kappa shape index (κ1) is 21.1. The van der Waals surface area contributed by atoms with Gasteiger partial charge in [-0.25, -0.2) is 4.98 Å². The fourth-order valence-corrected chi connectivity index (χ4v) is 4.98. The Morgan fingerprint density at radius 3 is 2.64 bits per heavy atom. The van der Waals surface area contributed by atoms with Crippen molar-refractivity contribution in [1.82, 2.24) is 10.3 Å². The molecule has 0 radical (unpaired) electrons. The molecule has 25 heavy (non-hydrogen) atoms. The van der Waals surface area contributed by atoms with Gasteiger partial charge in [-0.1, -0.05) is 91.3 Å². The normalized spacial score (nSPS) is 13.1. The molecule has 0 saturated carbocycles. The first-order valence-corrected chi connectivity index (χ1v) is 11.1. The number of benzene rings is 1. The molecule has 0 bridgehead atoms. The van der Waals surface area contributed by atoms with E-state index in [1.54, 1.807) is 0 Å². The van der Waals surface area contributed by atoms with Crippen molar-refractivity contribution in [2.75, 3.05) is 0 Å². The number of fused-ring (bicyclic) bond motifs is 1. The highest BCUT2D eigenvalue weighted by atomic mass is 35.6. The van der Waals surface area contributed by atoms with Crippen molar-refractivity contribution >= 4 is 74.0 Å². The largest absolute Gasteiger partial charge is 0.340 e. The monoisotopic (exact) mass is 438 g/mol. The third-order valence-electron chi connectivity index (χ3n) is 3.59. The van der Waals surface area contributed by atoms with Gasteiger partial charge in [-0.2, -0.15) is 0 Å². The summed E-state index contributed by atoms with van der Waals surface area (Å²) in [6, 6.07) is 7.83. The molecule has 1 aromatic carbocycles. The van der Waals surface area contributed by atoms with Gasteiger partial charge in [0.05, 0.1) is 10.2 Å². The van der Waals surface area contributed by atoms with Gasteiger partial charge in [-0.05, 0) is 18.6 Å². The molecular formula is C17H21Cl3N2OS2. The predicted molar refractivity (Wildman–Crippen MR) is 111 cm³/mol. The molecule has 2 aromatic rings. The number of nitrogens with one attached hydrogen (secondary N) is 1. The van der Waals surface area contributed by atoms with Gasteiger partial charge < -0.3 is 5.32 Å². The van der Waals surface area contributed by atoms with E-state index in [4.69, 9.17) is 34.8 Å². The van der Waals surface area contributed by atoms with Gasteiger partial charge in [0.25, 0.3) is 0 Å². The molecule has 1 heterocycles. The minimum atomic E-state index is -1.61. The highest BCUT2D eigenvalue weighted by Gasteiger charge is 2.35. The fourth-order valence-electron chi connectivity index (χ4n) is 2.29. The number of unbranched alkanes of at least 4 members (excludes halogenated alkanes) is 4. The summed E-state index contributed by atoms with van der Waals surface area (Å²) in [5.74, 6) is -0.0959. The maximum Gasteiger partial charge on any atom is 0.221 e. The molecule has 138 valence electrons.